The largest absolute Gasteiger partial charge is 0.465 e. The van der Waals surface area contributed by atoms with Gasteiger partial charge in [0.05, 0.1) is 6.61 Å². The molecule has 0 aromatic carbocycles. The van der Waals surface area contributed by atoms with E-state index in [9.17, 15) is 4.79 Å². The van der Waals surface area contributed by atoms with Gasteiger partial charge in [-0.15, -0.1) is 0 Å². The Balaban J connectivity index is 2.51. The molecule has 0 N–H and O–H groups in total. The molecule has 0 saturated carbocycles. The van der Waals surface area contributed by atoms with Gasteiger partial charge in [-0.05, 0) is 12.5 Å². The highest BCUT2D eigenvalue weighted by Gasteiger charge is 1.99. The van der Waals surface area contributed by atoms with Crippen LogP contribution in [0.15, 0.2) is 16.5 Å². The fourth-order valence-electron chi connectivity index (χ4n) is 0.678. The number of aldehydes is 1. The zero-order valence-corrected chi connectivity index (χ0v) is 6.37. The van der Waals surface area contributed by atoms with Crippen molar-refractivity contribution in [1.29, 1.82) is 0 Å². The van der Waals surface area contributed by atoms with Gasteiger partial charge in [0.2, 0.25) is 0 Å². The van der Waals surface area contributed by atoms with Crippen LogP contribution >= 0.6 is 0 Å². The van der Waals surface area contributed by atoms with Crippen molar-refractivity contribution in [2.75, 3.05) is 6.61 Å². The first-order valence-corrected chi connectivity index (χ1v) is 3.54. The molecule has 3 nitrogen and oxygen atoms in total. The SMILES string of the molecule is CCCOc1ccc(C=O)o1. The Bertz CT molecular complexity index is 227. The van der Waals surface area contributed by atoms with E-state index in [1.807, 2.05) is 6.92 Å². The standard InChI is InChI=1S/C8H10O3/c1-2-5-10-8-4-3-7(6-9)11-8/h3-4,6H,2,5H2,1H3. The number of carbonyl (C=O) groups excluding carboxylic acids is 1. The summed E-state index contributed by atoms with van der Waals surface area (Å²) < 4.78 is 10.1. The van der Waals surface area contributed by atoms with Crippen molar-refractivity contribution in [3.8, 4) is 5.95 Å². The van der Waals surface area contributed by atoms with E-state index in [1.165, 1.54) is 0 Å². The Morgan fingerprint density at radius 3 is 3.00 bits per heavy atom. The van der Waals surface area contributed by atoms with Crippen LogP contribution in [0.1, 0.15) is 23.9 Å². The second-order valence-electron chi connectivity index (χ2n) is 2.12. The molecule has 0 spiro atoms. The highest BCUT2D eigenvalue weighted by Crippen LogP contribution is 2.13. The van der Waals surface area contributed by atoms with E-state index in [-0.39, 0.29) is 0 Å². The lowest BCUT2D eigenvalue weighted by molar-refractivity contribution is 0.109. The van der Waals surface area contributed by atoms with Crippen molar-refractivity contribution < 1.29 is 13.9 Å². The van der Waals surface area contributed by atoms with Crippen LogP contribution in [0.4, 0.5) is 0 Å². The second kappa shape index (κ2) is 3.81. The summed E-state index contributed by atoms with van der Waals surface area (Å²) in [6.07, 6.45) is 1.58. The highest BCUT2D eigenvalue weighted by molar-refractivity contribution is 5.70. The molecule has 0 aliphatic rings. The second-order valence-corrected chi connectivity index (χ2v) is 2.12. The zero-order chi connectivity index (χ0) is 8.10. The summed E-state index contributed by atoms with van der Waals surface area (Å²) >= 11 is 0. The molecule has 1 aromatic rings. The maximum Gasteiger partial charge on any atom is 0.284 e. The number of ether oxygens (including phenoxy) is 1. The molecular weight excluding hydrogens is 144 g/mol. The maximum atomic E-state index is 10.1. The van der Waals surface area contributed by atoms with E-state index in [0.29, 0.717) is 24.6 Å². The topological polar surface area (TPSA) is 39.4 Å². The van der Waals surface area contributed by atoms with Crippen LogP contribution in [-0.2, 0) is 0 Å². The Morgan fingerprint density at radius 1 is 1.64 bits per heavy atom. The van der Waals surface area contributed by atoms with E-state index in [1.54, 1.807) is 12.1 Å². The summed E-state index contributed by atoms with van der Waals surface area (Å²) in [5.74, 6) is 0.713. The lowest BCUT2D eigenvalue weighted by atomic mass is 10.5. The molecule has 1 rings (SSSR count). The van der Waals surface area contributed by atoms with E-state index in [2.05, 4.69) is 0 Å². The van der Waals surface area contributed by atoms with Crippen LogP contribution in [0.5, 0.6) is 5.95 Å². The van der Waals surface area contributed by atoms with Crippen molar-refractivity contribution in [3.63, 3.8) is 0 Å². The van der Waals surface area contributed by atoms with Gasteiger partial charge in [0, 0.05) is 6.07 Å². The number of carbonyl (C=O) groups is 1. The van der Waals surface area contributed by atoms with Crippen molar-refractivity contribution >= 4 is 6.29 Å². The third kappa shape index (κ3) is 2.11. The Kier molecular flexibility index (Phi) is 2.72. The smallest absolute Gasteiger partial charge is 0.284 e. The van der Waals surface area contributed by atoms with Crippen molar-refractivity contribution in [2.45, 2.75) is 13.3 Å². The molecule has 60 valence electrons. The predicted molar refractivity (Wildman–Crippen MR) is 39.9 cm³/mol. The van der Waals surface area contributed by atoms with E-state index >= 15 is 0 Å². The molecule has 11 heavy (non-hydrogen) atoms. The molecule has 0 aliphatic carbocycles. The quantitative estimate of drug-likeness (QED) is 0.621. The number of rotatable bonds is 4. The Hall–Kier alpha value is -1.25. The molecule has 0 fully saturated rings. The van der Waals surface area contributed by atoms with Crippen LogP contribution in [0, 0.1) is 0 Å². The first-order chi connectivity index (χ1) is 5.36. The normalized spacial score (nSPS) is 9.55. The van der Waals surface area contributed by atoms with Crippen molar-refractivity contribution in [1.82, 2.24) is 0 Å². The Labute approximate surface area is 65.0 Å². The maximum absolute atomic E-state index is 10.1. The third-order valence-electron chi connectivity index (χ3n) is 1.17. The summed E-state index contributed by atoms with van der Waals surface area (Å²) in [4.78, 5) is 10.1. The van der Waals surface area contributed by atoms with Crippen molar-refractivity contribution in [3.05, 3.63) is 17.9 Å². The van der Waals surface area contributed by atoms with Gasteiger partial charge in [-0.25, -0.2) is 0 Å². The first kappa shape index (κ1) is 7.85. The summed E-state index contributed by atoms with van der Waals surface area (Å²) in [6.45, 7) is 2.62. The van der Waals surface area contributed by atoms with E-state index < -0.39 is 0 Å². The average molecular weight is 154 g/mol. The van der Waals surface area contributed by atoms with E-state index in [0.717, 1.165) is 6.42 Å². The molecule has 1 heterocycles. The number of hydrogen-bond acceptors (Lipinski definition) is 3. The fourth-order valence-corrected chi connectivity index (χ4v) is 0.678. The lowest BCUT2D eigenvalue weighted by Gasteiger charge is -1.96. The van der Waals surface area contributed by atoms with Crippen LogP contribution in [0.2, 0.25) is 0 Å². The van der Waals surface area contributed by atoms with Gasteiger partial charge < -0.3 is 9.15 Å². The van der Waals surface area contributed by atoms with Gasteiger partial charge in [0.25, 0.3) is 5.95 Å². The molecule has 0 radical (unpaired) electrons. The molecule has 0 saturated heterocycles. The molecule has 0 unspecified atom stereocenters. The highest BCUT2D eigenvalue weighted by atomic mass is 16.6. The average Bonchev–Trinajstić information content (AvgIpc) is 2.48. The third-order valence-corrected chi connectivity index (χ3v) is 1.17. The minimum absolute atomic E-state index is 0.302. The van der Waals surface area contributed by atoms with Crippen LogP contribution in [0.3, 0.4) is 0 Å². The molecule has 0 bridgehead atoms. The minimum Gasteiger partial charge on any atom is -0.465 e. The molecular formula is C8H10O3. The van der Waals surface area contributed by atoms with Gasteiger partial charge in [-0.2, -0.15) is 0 Å². The van der Waals surface area contributed by atoms with Gasteiger partial charge >= 0.3 is 0 Å². The van der Waals surface area contributed by atoms with Gasteiger partial charge in [-0.1, -0.05) is 6.92 Å². The van der Waals surface area contributed by atoms with Gasteiger partial charge in [-0.3, -0.25) is 4.79 Å². The zero-order valence-electron chi connectivity index (χ0n) is 6.37. The monoisotopic (exact) mass is 154 g/mol. The molecule has 0 aliphatic heterocycles. The van der Waals surface area contributed by atoms with Crippen LogP contribution in [-0.4, -0.2) is 12.9 Å². The first-order valence-electron chi connectivity index (χ1n) is 3.54. The molecule has 0 amide bonds. The number of furan rings is 1. The summed E-state index contributed by atoms with van der Waals surface area (Å²) in [7, 11) is 0. The lowest BCUT2D eigenvalue weighted by Crippen LogP contribution is -1.92. The van der Waals surface area contributed by atoms with Crippen LogP contribution in [0.25, 0.3) is 0 Å². The predicted octanol–water partition coefficient (Wildman–Crippen LogP) is 1.88. The van der Waals surface area contributed by atoms with Crippen LogP contribution < -0.4 is 4.74 Å². The summed E-state index contributed by atoms with van der Waals surface area (Å²) in [5.41, 5.74) is 0. The molecule has 3 heteroatoms. The van der Waals surface area contributed by atoms with E-state index in [4.69, 9.17) is 9.15 Å². The Morgan fingerprint density at radius 2 is 2.45 bits per heavy atom. The number of hydrogen-bond donors (Lipinski definition) is 0. The van der Waals surface area contributed by atoms with Gasteiger partial charge in [0.1, 0.15) is 0 Å². The molecule has 1 aromatic heterocycles. The minimum atomic E-state index is 0.302. The van der Waals surface area contributed by atoms with Gasteiger partial charge in [0.15, 0.2) is 12.0 Å². The summed E-state index contributed by atoms with van der Waals surface area (Å²) in [5, 5.41) is 0. The molecule has 0 atom stereocenters. The summed E-state index contributed by atoms with van der Waals surface area (Å²) in [6, 6.07) is 3.22. The fraction of sp³-hybridized carbons (Fsp3) is 0.375. The van der Waals surface area contributed by atoms with Crippen molar-refractivity contribution in [2.24, 2.45) is 0 Å².